The van der Waals surface area contributed by atoms with E-state index in [2.05, 4.69) is 10.5 Å². The van der Waals surface area contributed by atoms with Crippen molar-refractivity contribution < 1.29 is 9.59 Å². The fraction of sp³-hybridized carbons (Fsp3) is 0.357. The summed E-state index contributed by atoms with van der Waals surface area (Å²) in [4.78, 5) is 25.2. The molecule has 19 heavy (non-hydrogen) atoms. The first-order valence-corrected chi connectivity index (χ1v) is 6.29. The van der Waals surface area contributed by atoms with Crippen LogP contribution in [0.4, 0.5) is 5.69 Å². The second kappa shape index (κ2) is 7.31. The Morgan fingerprint density at radius 2 is 1.74 bits per heavy atom. The average Bonchev–Trinajstić information content (AvgIpc) is 2.41. The molecule has 0 saturated carbocycles. The molecule has 0 radical (unpaired) electrons. The molecule has 0 unspecified atom stereocenters. The van der Waals surface area contributed by atoms with Gasteiger partial charge < -0.3 is 4.90 Å². The number of hydrazone groups is 1. The number of carbonyl (C=O) groups excluding carboxylic acids is 2. The van der Waals surface area contributed by atoms with Gasteiger partial charge in [-0.15, -0.1) is 0 Å². The topological polar surface area (TPSA) is 61.8 Å². The second-order valence-corrected chi connectivity index (χ2v) is 3.97. The maximum absolute atomic E-state index is 12.1. The molecule has 0 aliphatic carbocycles. The number of ketones is 1. The van der Waals surface area contributed by atoms with Gasteiger partial charge in [0, 0.05) is 20.0 Å². The predicted molar refractivity (Wildman–Crippen MR) is 76.1 cm³/mol. The second-order valence-electron chi connectivity index (χ2n) is 3.97. The van der Waals surface area contributed by atoms with Gasteiger partial charge >= 0.3 is 0 Å². The molecule has 0 spiro atoms. The van der Waals surface area contributed by atoms with Crippen molar-refractivity contribution in [3.05, 3.63) is 30.3 Å². The van der Waals surface area contributed by atoms with E-state index in [0.717, 1.165) is 5.69 Å². The average molecular weight is 261 g/mol. The molecule has 0 aliphatic heterocycles. The number of hydrogen-bond donors (Lipinski definition) is 1. The highest BCUT2D eigenvalue weighted by atomic mass is 16.2. The normalized spacial score (nSPS) is 11.0. The lowest BCUT2D eigenvalue weighted by atomic mass is 10.2. The summed E-state index contributed by atoms with van der Waals surface area (Å²) in [7, 11) is 0. The zero-order valence-corrected chi connectivity index (χ0v) is 11.5. The van der Waals surface area contributed by atoms with Gasteiger partial charge in [-0.1, -0.05) is 18.2 Å². The lowest BCUT2D eigenvalue weighted by Gasteiger charge is -2.18. The third-order valence-electron chi connectivity index (χ3n) is 2.66. The van der Waals surface area contributed by atoms with E-state index in [1.54, 1.807) is 4.90 Å². The van der Waals surface area contributed by atoms with Crippen LogP contribution in [0.5, 0.6) is 0 Å². The minimum Gasteiger partial charge on any atom is -0.338 e. The van der Waals surface area contributed by atoms with Crippen LogP contribution < -0.4 is 5.43 Å². The van der Waals surface area contributed by atoms with E-state index in [1.807, 2.05) is 44.2 Å². The lowest BCUT2D eigenvalue weighted by molar-refractivity contribution is -0.124. The highest BCUT2D eigenvalue weighted by molar-refractivity contribution is 6.65. The fourth-order valence-electron chi connectivity index (χ4n) is 1.57. The summed E-state index contributed by atoms with van der Waals surface area (Å²) in [6.07, 6.45) is 0. The van der Waals surface area contributed by atoms with E-state index in [1.165, 1.54) is 6.92 Å². The number of Topliss-reactive ketones (excluding diaryl/α,β-unsaturated/α-hetero) is 1. The standard InChI is InChI=1S/C14H19N3O2/c1-4-17(5-2)14(19)13(11(3)18)16-15-12-9-7-6-8-10-12/h6-10,15H,4-5H2,1-3H3. The van der Waals surface area contributed by atoms with E-state index in [0.29, 0.717) is 13.1 Å². The van der Waals surface area contributed by atoms with Crippen molar-refractivity contribution in [3.63, 3.8) is 0 Å². The Kier molecular flexibility index (Phi) is 5.73. The zero-order chi connectivity index (χ0) is 14.3. The first-order chi connectivity index (χ1) is 9.10. The van der Waals surface area contributed by atoms with E-state index >= 15 is 0 Å². The first-order valence-electron chi connectivity index (χ1n) is 6.29. The molecule has 0 aliphatic rings. The van der Waals surface area contributed by atoms with Gasteiger partial charge in [0.05, 0.1) is 5.69 Å². The summed E-state index contributed by atoms with van der Waals surface area (Å²) in [5.74, 6) is -0.693. The Balaban J connectivity index is 2.89. The van der Waals surface area contributed by atoms with Crippen LogP contribution in [-0.2, 0) is 9.59 Å². The van der Waals surface area contributed by atoms with Crippen molar-refractivity contribution in [1.29, 1.82) is 0 Å². The molecule has 0 fully saturated rings. The van der Waals surface area contributed by atoms with E-state index in [-0.39, 0.29) is 17.4 Å². The summed E-state index contributed by atoms with van der Waals surface area (Å²) in [6.45, 7) is 6.17. The summed E-state index contributed by atoms with van der Waals surface area (Å²) in [6, 6.07) is 9.18. The van der Waals surface area contributed by atoms with Crippen LogP contribution in [0.25, 0.3) is 0 Å². The molecular formula is C14H19N3O2. The van der Waals surface area contributed by atoms with Crippen LogP contribution >= 0.6 is 0 Å². The van der Waals surface area contributed by atoms with Gasteiger partial charge in [0.15, 0.2) is 11.5 Å². The van der Waals surface area contributed by atoms with Crippen molar-refractivity contribution in [2.75, 3.05) is 18.5 Å². The van der Waals surface area contributed by atoms with Crippen molar-refractivity contribution in [1.82, 2.24) is 4.90 Å². The smallest absolute Gasteiger partial charge is 0.277 e. The van der Waals surface area contributed by atoms with Gasteiger partial charge in [-0.3, -0.25) is 15.0 Å². The number of nitrogens with one attached hydrogen (secondary N) is 1. The molecule has 0 heterocycles. The molecular weight excluding hydrogens is 242 g/mol. The number of rotatable bonds is 6. The van der Waals surface area contributed by atoms with Crippen molar-refractivity contribution >= 4 is 23.1 Å². The van der Waals surface area contributed by atoms with Gasteiger partial charge in [0.25, 0.3) is 5.91 Å². The molecule has 0 saturated heterocycles. The SMILES string of the molecule is CCN(CC)C(=O)C(=NNc1ccccc1)C(C)=O. The Morgan fingerprint density at radius 1 is 1.16 bits per heavy atom. The Bertz CT molecular complexity index is 465. The number of amides is 1. The molecule has 1 aromatic carbocycles. The Labute approximate surface area is 113 Å². The van der Waals surface area contributed by atoms with Gasteiger partial charge in [-0.2, -0.15) is 5.10 Å². The summed E-state index contributed by atoms with van der Waals surface area (Å²) >= 11 is 0. The molecule has 0 aromatic heterocycles. The number of anilines is 1. The van der Waals surface area contributed by atoms with E-state index in [4.69, 9.17) is 0 Å². The Hall–Kier alpha value is -2.17. The summed E-state index contributed by atoms with van der Waals surface area (Å²) in [5, 5.41) is 3.94. The quantitative estimate of drug-likeness (QED) is 0.483. The minimum atomic E-state index is -0.347. The molecule has 5 nitrogen and oxygen atoms in total. The molecule has 1 aromatic rings. The van der Waals surface area contributed by atoms with Crippen LogP contribution in [0.1, 0.15) is 20.8 Å². The summed E-state index contributed by atoms with van der Waals surface area (Å²) < 4.78 is 0. The van der Waals surface area contributed by atoms with Crippen LogP contribution in [0.2, 0.25) is 0 Å². The maximum Gasteiger partial charge on any atom is 0.277 e. The van der Waals surface area contributed by atoms with Gasteiger partial charge in [0.1, 0.15) is 0 Å². The zero-order valence-electron chi connectivity index (χ0n) is 11.5. The summed E-state index contributed by atoms with van der Waals surface area (Å²) in [5.41, 5.74) is 3.38. The first kappa shape index (κ1) is 14.9. The Morgan fingerprint density at radius 3 is 2.21 bits per heavy atom. The van der Waals surface area contributed by atoms with Gasteiger partial charge in [-0.25, -0.2) is 0 Å². The third-order valence-corrected chi connectivity index (χ3v) is 2.66. The van der Waals surface area contributed by atoms with E-state index in [9.17, 15) is 9.59 Å². The largest absolute Gasteiger partial charge is 0.338 e. The predicted octanol–water partition coefficient (Wildman–Crippen LogP) is 1.91. The maximum atomic E-state index is 12.1. The molecule has 1 N–H and O–H groups in total. The highest BCUT2D eigenvalue weighted by Crippen LogP contribution is 2.05. The fourth-order valence-corrected chi connectivity index (χ4v) is 1.57. The number of benzene rings is 1. The molecule has 0 atom stereocenters. The minimum absolute atomic E-state index is 0.0763. The molecule has 5 heteroatoms. The van der Waals surface area contributed by atoms with E-state index < -0.39 is 0 Å². The van der Waals surface area contributed by atoms with Gasteiger partial charge in [0.2, 0.25) is 0 Å². The highest BCUT2D eigenvalue weighted by Gasteiger charge is 2.21. The molecule has 1 amide bonds. The molecule has 102 valence electrons. The third kappa shape index (κ3) is 4.21. The van der Waals surface area contributed by atoms with Crippen LogP contribution in [0.3, 0.4) is 0 Å². The number of nitrogens with zero attached hydrogens (tertiary/aromatic N) is 2. The van der Waals surface area contributed by atoms with Crippen molar-refractivity contribution in [2.45, 2.75) is 20.8 Å². The van der Waals surface area contributed by atoms with Crippen molar-refractivity contribution in [2.24, 2.45) is 5.10 Å². The number of para-hydroxylation sites is 1. The lowest BCUT2D eigenvalue weighted by Crippen LogP contribution is -2.39. The van der Waals surface area contributed by atoms with Gasteiger partial charge in [-0.05, 0) is 26.0 Å². The molecule has 1 rings (SSSR count). The molecule has 0 bridgehead atoms. The van der Waals surface area contributed by atoms with Crippen LogP contribution in [0.15, 0.2) is 35.4 Å². The van der Waals surface area contributed by atoms with Crippen LogP contribution in [-0.4, -0.2) is 35.4 Å². The van der Waals surface area contributed by atoms with Crippen LogP contribution in [0, 0.1) is 0 Å². The number of hydrogen-bond acceptors (Lipinski definition) is 4. The number of carbonyl (C=O) groups is 2. The monoisotopic (exact) mass is 261 g/mol. The van der Waals surface area contributed by atoms with Crippen molar-refractivity contribution in [3.8, 4) is 0 Å².